The molecule has 0 heterocycles. The maximum absolute atomic E-state index is 12.1. The SMILES string of the molecule is CCCC(=O)Nc1ccc(NC(=O)COc2c(C)cc(Br)cc2Br)cc1. The molecular formula is C19H20Br2N2O3. The lowest BCUT2D eigenvalue weighted by molar-refractivity contribution is -0.118. The number of rotatable bonds is 7. The quantitative estimate of drug-likeness (QED) is 0.563. The molecule has 2 aromatic rings. The molecule has 2 rings (SSSR count). The standard InChI is InChI=1S/C19H20Br2N2O3/c1-3-4-17(24)22-14-5-7-15(8-6-14)23-18(25)11-26-19-12(2)9-13(20)10-16(19)21/h5-10H,3-4,11H2,1-2H3,(H,22,24)(H,23,25). The summed E-state index contributed by atoms with van der Waals surface area (Å²) in [6.45, 7) is 3.76. The van der Waals surface area contributed by atoms with Gasteiger partial charge in [0.05, 0.1) is 4.47 Å². The number of carbonyl (C=O) groups excluding carboxylic acids is 2. The van der Waals surface area contributed by atoms with Gasteiger partial charge < -0.3 is 15.4 Å². The first-order chi connectivity index (χ1) is 12.4. The lowest BCUT2D eigenvalue weighted by Gasteiger charge is -2.12. The predicted molar refractivity (Wildman–Crippen MR) is 111 cm³/mol. The first kappa shape index (κ1) is 20.5. The van der Waals surface area contributed by atoms with Gasteiger partial charge in [0.15, 0.2) is 6.61 Å². The van der Waals surface area contributed by atoms with E-state index in [0.717, 1.165) is 20.9 Å². The Bertz CT molecular complexity index is 769. The molecule has 2 aromatic carbocycles. The van der Waals surface area contributed by atoms with E-state index >= 15 is 0 Å². The Hall–Kier alpha value is -1.86. The molecule has 26 heavy (non-hydrogen) atoms. The molecule has 0 fully saturated rings. The fourth-order valence-electron chi connectivity index (χ4n) is 2.29. The van der Waals surface area contributed by atoms with E-state index in [1.807, 2.05) is 26.0 Å². The number of anilines is 2. The van der Waals surface area contributed by atoms with Crippen LogP contribution in [-0.4, -0.2) is 18.4 Å². The Kier molecular flexibility index (Phi) is 7.66. The summed E-state index contributed by atoms with van der Waals surface area (Å²) in [4.78, 5) is 23.7. The van der Waals surface area contributed by atoms with E-state index in [4.69, 9.17) is 4.74 Å². The van der Waals surface area contributed by atoms with Crippen LogP contribution in [0.5, 0.6) is 5.75 Å². The Labute approximate surface area is 169 Å². The lowest BCUT2D eigenvalue weighted by atomic mass is 10.2. The summed E-state index contributed by atoms with van der Waals surface area (Å²) in [5, 5.41) is 5.57. The van der Waals surface area contributed by atoms with E-state index in [-0.39, 0.29) is 18.4 Å². The van der Waals surface area contributed by atoms with E-state index in [0.29, 0.717) is 23.5 Å². The number of hydrogen-bond donors (Lipinski definition) is 2. The van der Waals surface area contributed by atoms with Gasteiger partial charge in [0.2, 0.25) is 5.91 Å². The van der Waals surface area contributed by atoms with Crippen LogP contribution < -0.4 is 15.4 Å². The molecule has 0 aliphatic rings. The first-order valence-electron chi connectivity index (χ1n) is 8.17. The summed E-state index contributed by atoms with van der Waals surface area (Å²) in [5.41, 5.74) is 2.26. The van der Waals surface area contributed by atoms with Crippen LogP contribution in [0.2, 0.25) is 0 Å². The third-order valence-corrected chi connectivity index (χ3v) is 4.52. The second-order valence-corrected chi connectivity index (χ2v) is 7.52. The van der Waals surface area contributed by atoms with Gasteiger partial charge in [-0.15, -0.1) is 0 Å². The van der Waals surface area contributed by atoms with E-state index in [9.17, 15) is 9.59 Å². The number of hydrogen-bond acceptors (Lipinski definition) is 3. The highest BCUT2D eigenvalue weighted by Gasteiger charge is 2.10. The minimum absolute atomic E-state index is 0.0202. The molecule has 5 nitrogen and oxygen atoms in total. The smallest absolute Gasteiger partial charge is 0.262 e. The highest BCUT2D eigenvalue weighted by molar-refractivity contribution is 9.11. The number of halogens is 2. The Morgan fingerprint density at radius 2 is 1.58 bits per heavy atom. The second-order valence-electron chi connectivity index (χ2n) is 5.75. The highest BCUT2D eigenvalue weighted by atomic mass is 79.9. The first-order valence-corrected chi connectivity index (χ1v) is 9.76. The van der Waals surface area contributed by atoms with Crippen LogP contribution in [0.1, 0.15) is 25.3 Å². The molecule has 0 saturated heterocycles. The summed E-state index contributed by atoms with van der Waals surface area (Å²) >= 11 is 6.84. The van der Waals surface area contributed by atoms with Crippen molar-refractivity contribution in [3.05, 3.63) is 50.9 Å². The van der Waals surface area contributed by atoms with Gasteiger partial charge in [-0.1, -0.05) is 22.9 Å². The van der Waals surface area contributed by atoms with Crippen molar-refractivity contribution in [3.63, 3.8) is 0 Å². The third-order valence-electron chi connectivity index (χ3n) is 3.47. The number of nitrogens with one attached hydrogen (secondary N) is 2. The predicted octanol–water partition coefficient (Wildman–Crippen LogP) is 5.28. The van der Waals surface area contributed by atoms with Crippen molar-refractivity contribution in [2.45, 2.75) is 26.7 Å². The Morgan fingerprint density at radius 1 is 1.00 bits per heavy atom. The molecule has 0 bridgehead atoms. The number of ether oxygens (including phenoxy) is 1. The van der Waals surface area contributed by atoms with Gasteiger partial charge in [0.25, 0.3) is 5.91 Å². The van der Waals surface area contributed by atoms with Gasteiger partial charge in [-0.25, -0.2) is 0 Å². The third kappa shape index (κ3) is 6.14. The summed E-state index contributed by atoms with van der Waals surface area (Å²) < 4.78 is 7.34. The van der Waals surface area contributed by atoms with Crippen LogP contribution in [0.3, 0.4) is 0 Å². The van der Waals surface area contributed by atoms with Crippen LogP contribution in [0.15, 0.2) is 45.3 Å². The monoisotopic (exact) mass is 482 g/mol. The van der Waals surface area contributed by atoms with Crippen molar-refractivity contribution < 1.29 is 14.3 Å². The number of benzene rings is 2. The summed E-state index contributed by atoms with van der Waals surface area (Å²) in [6.07, 6.45) is 1.29. The zero-order chi connectivity index (χ0) is 19.1. The molecular weight excluding hydrogens is 464 g/mol. The summed E-state index contributed by atoms with van der Waals surface area (Å²) in [5.74, 6) is 0.354. The fourth-order valence-corrected chi connectivity index (χ4v) is 3.85. The average molecular weight is 484 g/mol. The van der Waals surface area contributed by atoms with Gasteiger partial charge in [0.1, 0.15) is 5.75 Å². The van der Waals surface area contributed by atoms with Gasteiger partial charge in [0, 0.05) is 22.3 Å². The van der Waals surface area contributed by atoms with Crippen LogP contribution >= 0.6 is 31.9 Å². The van der Waals surface area contributed by atoms with Crippen LogP contribution in [0.4, 0.5) is 11.4 Å². The van der Waals surface area contributed by atoms with Crippen LogP contribution in [0.25, 0.3) is 0 Å². The topological polar surface area (TPSA) is 67.4 Å². The van der Waals surface area contributed by atoms with Crippen molar-refractivity contribution in [2.75, 3.05) is 17.2 Å². The minimum atomic E-state index is -0.262. The largest absolute Gasteiger partial charge is 0.482 e. The molecule has 0 aliphatic heterocycles. The molecule has 0 radical (unpaired) electrons. The van der Waals surface area contributed by atoms with Gasteiger partial charge >= 0.3 is 0 Å². The maximum atomic E-state index is 12.1. The number of amides is 2. The van der Waals surface area contributed by atoms with Crippen molar-refractivity contribution in [3.8, 4) is 5.75 Å². The van der Waals surface area contributed by atoms with Crippen molar-refractivity contribution in [1.82, 2.24) is 0 Å². The zero-order valence-electron chi connectivity index (χ0n) is 14.6. The molecule has 0 spiro atoms. The minimum Gasteiger partial charge on any atom is -0.482 e. The summed E-state index contributed by atoms with van der Waals surface area (Å²) in [7, 11) is 0. The molecule has 138 valence electrons. The second kappa shape index (κ2) is 9.73. The van der Waals surface area contributed by atoms with E-state index in [1.54, 1.807) is 24.3 Å². The average Bonchev–Trinajstić information content (AvgIpc) is 2.56. The summed E-state index contributed by atoms with van der Waals surface area (Å²) in [6, 6.07) is 10.8. The number of carbonyl (C=O) groups is 2. The van der Waals surface area contributed by atoms with E-state index < -0.39 is 0 Å². The molecule has 2 N–H and O–H groups in total. The van der Waals surface area contributed by atoms with Gasteiger partial charge in [-0.3, -0.25) is 9.59 Å². The zero-order valence-corrected chi connectivity index (χ0v) is 17.7. The lowest BCUT2D eigenvalue weighted by Crippen LogP contribution is -2.20. The van der Waals surface area contributed by atoms with E-state index in [2.05, 4.69) is 42.5 Å². The van der Waals surface area contributed by atoms with Gasteiger partial charge in [-0.2, -0.15) is 0 Å². The Morgan fingerprint density at radius 3 is 2.12 bits per heavy atom. The van der Waals surface area contributed by atoms with Crippen LogP contribution in [-0.2, 0) is 9.59 Å². The van der Waals surface area contributed by atoms with Crippen LogP contribution in [0, 0.1) is 6.92 Å². The molecule has 7 heteroatoms. The van der Waals surface area contributed by atoms with Crippen molar-refractivity contribution in [1.29, 1.82) is 0 Å². The van der Waals surface area contributed by atoms with Gasteiger partial charge in [-0.05, 0) is 71.2 Å². The normalized spacial score (nSPS) is 10.3. The highest BCUT2D eigenvalue weighted by Crippen LogP contribution is 2.32. The molecule has 0 saturated carbocycles. The molecule has 2 amide bonds. The fraction of sp³-hybridized carbons (Fsp3) is 0.263. The Balaban J connectivity index is 1.89. The van der Waals surface area contributed by atoms with E-state index in [1.165, 1.54) is 0 Å². The van der Waals surface area contributed by atoms with Crippen molar-refractivity contribution >= 4 is 55.0 Å². The maximum Gasteiger partial charge on any atom is 0.262 e. The van der Waals surface area contributed by atoms with Crippen molar-refractivity contribution in [2.24, 2.45) is 0 Å². The number of aryl methyl sites for hydroxylation is 1. The molecule has 0 unspecified atom stereocenters. The molecule has 0 aliphatic carbocycles. The molecule has 0 aromatic heterocycles. The molecule has 0 atom stereocenters.